The molecule has 1 atom stereocenters. The van der Waals surface area contributed by atoms with E-state index in [0.717, 1.165) is 11.3 Å². The maximum atomic E-state index is 5.75. The standard InChI is InChI=1S/C9H11ClN2/c1-3-8(11)7-4-6(2)12-9(10)5-7/h3-5,8H,1,11H2,2H3/t8-/m0/s1. The summed E-state index contributed by atoms with van der Waals surface area (Å²) in [7, 11) is 0. The van der Waals surface area contributed by atoms with Crippen LogP contribution in [0.2, 0.25) is 5.15 Å². The van der Waals surface area contributed by atoms with E-state index in [1.165, 1.54) is 0 Å². The lowest BCUT2D eigenvalue weighted by Crippen LogP contribution is -2.07. The number of halogens is 1. The van der Waals surface area contributed by atoms with Crippen molar-refractivity contribution >= 4 is 11.6 Å². The number of rotatable bonds is 2. The summed E-state index contributed by atoms with van der Waals surface area (Å²) in [5, 5.41) is 0.474. The van der Waals surface area contributed by atoms with E-state index in [4.69, 9.17) is 17.3 Å². The second kappa shape index (κ2) is 3.70. The lowest BCUT2D eigenvalue weighted by atomic mass is 10.1. The molecule has 1 rings (SSSR count). The van der Waals surface area contributed by atoms with Crippen molar-refractivity contribution in [3.05, 3.63) is 41.2 Å². The summed E-state index contributed by atoms with van der Waals surface area (Å²) < 4.78 is 0. The van der Waals surface area contributed by atoms with Crippen LogP contribution in [0.15, 0.2) is 24.8 Å². The van der Waals surface area contributed by atoms with Gasteiger partial charge in [0.1, 0.15) is 5.15 Å². The molecule has 1 aromatic heterocycles. The van der Waals surface area contributed by atoms with Gasteiger partial charge in [-0.05, 0) is 24.6 Å². The van der Waals surface area contributed by atoms with Crippen LogP contribution < -0.4 is 5.73 Å². The molecular formula is C9H11ClN2. The minimum atomic E-state index is -0.163. The molecule has 0 saturated heterocycles. The van der Waals surface area contributed by atoms with Crippen LogP contribution >= 0.6 is 11.6 Å². The highest BCUT2D eigenvalue weighted by atomic mass is 35.5. The Labute approximate surface area is 77.1 Å². The first-order valence-electron chi connectivity index (χ1n) is 3.65. The molecule has 64 valence electrons. The number of nitrogens with zero attached hydrogens (tertiary/aromatic N) is 1. The molecule has 0 bridgehead atoms. The van der Waals surface area contributed by atoms with E-state index in [2.05, 4.69) is 11.6 Å². The normalized spacial score (nSPS) is 12.6. The van der Waals surface area contributed by atoms with Gasteiger partial charge in [0.15, 0.2) is 0 Å². The van der Waals surface area contributed by atoms with Crippen LogP contribution in [-0.4, -0.2) is 4.98 Å². The Morgan fingerprint density at radius 3 is 2.83 bits per heavy atom. The van der Waals surface area contributed by atoms with Crippen LogP contribution in [0.4, 0.5) is 0 Å². The van der Waals surface area contributed by atoms with Gasteiger partial charge in [0, 0.05) is 11.7 Å². The van der Waals surface area contributed by atoms with Gasteiger partial charge in [-0.3, -0.25) is 0 Å². The van der Waals surface area contributed by atoms with Crippen molar-refractivity contribution in [2.75, 3.05) is 0 Å². The zero-order valence-corrected chi connectivity index (χ0v) is 7.67. The van der Waals surface area contributed by atoms with Crippen molar-refractivity contribution in [1.29, 1.82) is 0 Å². The number of nitrogens with two attached hydrogens (primary N) is 1. The summed E-state index contributed by atoms with van der Waals surface area (Å²) in [4.78, 5) is 4.03. The van der Waals surface area contributed by atoms with E-state index in [0.29, 0.717) is 5.15 Å². The van der Waals surface area contributed by atoms with E-state index in [9.17, 15) is 0 Å². The molecule has 2 nitrogen and oxygen atoms in total. The summed E-state index contributed by atoms with van der Waals surface area (Å²) in [5.74, 6) is 0. The van der Waals surface area contributed by atoms with Crippen LogP contribution in [0.3, 0.4) is 0 Å². The highest BCUT2D eigenvalue weighted by Crippen LogP contribution is 2.16. The van der Waals surface area contributed by atoms with Gasteiger partial charge in [-0.2, -0.15) is 0 Å². The highest BCUT2D eigenvalue weighted by molar-refractivity contribution is 6.29. The number of pyridine rings is 1. The lowest BCUT2D eigenvalue weighted by molar-refractivity contribution is 0.905. The molecule has 0 fully saturated rings. The quantitative estimate of drug-likeness (QED) is 0.563. The van der Waals surface area contributed by atoms with Crippen LogP contribution in [0.25, 0.3) is 0 Å². The minimum absolute atomic E-state index is 0.163. The predicted octanol–water partition coefficient (Wildman–Crippen LogP) is 2.23. The molecule has 2 N–H and O–H groups in total. The van der Waals surface area contributed by atoms with Gasteiger partial charge in [-0.15, -0.1) is 6.58 Å². The van der Waals surface area contributed by atoms with E-state index in [-0.39, 0.29) is 6.04 Å². The number of hydrogen-bond acceptors (Lipinski definition) is 2. The molecule has 3 heteroatoms. The molecule has 0 spiro atoms. The van der Waals surface area contributed by atoms with E-state index < -0.39 is 0 Å². The molecule has 12 heavy (non-hydrogen) atoms. The molecular weight excluding hydrogens is 172 g/mol. The summed E-state index contributed by atoms with van der Waals surface area (Å²) in [5.41, 5.74) is 7.54. The van der Waals surface area contributed by atoms with Crippen LogP contribution in [0, 0.1) is 6.92 Å². The maximum Gasteiger partial charge on any atom is 0.129 e. The van der Waals surface area contributed by atoms with Crippen molar-refractivity contribution < 1.29 is 0 Å². The topological polar surface area (TPSA) is 38.9 Å². The lowest BCUT2D eigenvalue weighted by Gasteiger charge is -2.07. The molecule has 1 aromatic rings. The molecule has 0 aliphatic heterocycles. The fraction of sp³-hybridized carbons (Fsp3) is 0.222. The zero-order valence-electron chi connectivity index (χ0n) is 6.92. The van der Waals surface area contributed by atoms with Gasteiger partial charge < -0.3 is 5.73 Å². The molecule has 0 aliphatic rings. The summed E-state index contributed by atoms with van der Waals surface area (Å²) in [6.07, 6.45) is 1.67. The largest absolute Gasteiger partial charge is 0.321 e. The van der Waals surface area contributed by atoms with Gasteiger partial charge in [0.05, 0.1) is 0 Å². The molecule has 0 radical (unpaired) electrons. The average Bonchev–Trinajstić information content (AvgIpc) is 2.01. The van der Waals surface area contributed by atoms with E-state index in [1.54, 1.807) is 12.1 Å². The van der Waals surface area contributed by atoms with E-state index >= 15 is 0 Å². The maximum absolute atomic E-state index is 5.75. The predicted molar refractivity (Wildman–Crippen MR) is 51.1 cm³/mol. The Bertz CT molecular complexity index is 276. The fourth-order valence-corrected chi connectivity index (χ4v) is 1.24. The molecule has 0 aliphatic carbocycles. The molecule has 1 heterocycles. The Morgan fingerprint density at radius 2 is 2.33 bits per heavy atom. The number of aryl methyl sites for hydroxylation is 1. The fourth-order valence-electron chi connectivity index (χ4n) is 0.982. The second-order valence-electron chi connectivity index (χ2n) is 2.63. The Balaban J connectivity index is 3.08. The van der Waals surface area contributed by atoms with Crippen molar-refractivity contribution in [3.8, 4) is 0 Å². The Kier molecular flexibility index (Phi) is 2.84. The van der Waals surface area contributed by atoms with Gasteiger partial charge >= 0.3 is 0 Å². The van der Waals surface area contributed by atoms with Crippen LogP contribution in [-0.2, 0) is 0 Å². The third-order valence-electron chi connectivity index (χ3n) is 1.58. The first-order chi connectivity index (χ1) is 5.63. The van der Waals surface area contributed by atoms with Crippen molar-refractivity contribution in [2.45, 2.75) is 13.0 Å². The van der Waals surface area contributed by atoms with E-state index in [1.807, 2.05) is 13.0 Å². The van der Waals surface area contributed by atoms with Gasteiger partial charge in [-0.1, -0.05) is 17.7 Å². The summed E-state index contributed by atoms with van der Waals surface area (Å²) in [6.45, 7) is 5.49. The number of hydrogen-bond donors (Lipinski definition) is 1. The smallest absolute Gasteiger partial charge is 0.129 e. The number of aromatic nitrogens is 1. The summed E-state index contributed by atoms with van der Waals surface area (Å²) in [6, 6.07) is 3.49. The Morgan fingerprint density at radius 1 is 1.67 bits per heavy atom. The van der Waals surface area contributed by atoms with Crippen molar-refractivity contribution in [2.24, 2.45) is 5.73 Å². The van der Waals surface area contributed by atoms with Gasteiger partial charge in [0.2, 0.25) is 0 Å². The van der Waals surface area contributed by atoms with Gasteiger partial charge in [-0.25, -0.2) is 4.98 Å². The SMILES string of the molecule is C=C[C@H](N)c1cc(C)nc(Cl)c1. The molecule has 0 amide bonds. The second-order valence-corrected chi connectivity index (χ2v) is 3.01. The van der Waals surface area contributed by atoms with Crippen molar-refractivity contribution in [3.63, 3.8) is 0 Å². The van der Waals surface area contributed by atoms with Crippen LogP contribution in [0.5, 0.6) is 0 Å². The minimum Gasteiger partial charge on any atom is -0.321 e. The average molecular weight is 183 g/mol. The van der Waals surface area contributed by atoms with Crippen molar-refractivity contribution in [1.82, 2.24) is 4.98 Å². The third kappa shape index (κ3) is 2.06. The zero-order chi connectivity index (χ0) is 9.14. The highest BCUT2D eigenvalue weighted by Gasteiger charge is 2.03. The molecule has 0 saturated carbocycles. The van der Waals surface area contributed by atoms with Gasteiger partial charge in [0.25, 0.3) is 0 Å². The first kappa shape index (κ1) is 9.23. The monoisotopic (exact) mass is 182 g/mol. The Hall–Kier alpha value is -0.860. The summed E-state index contributed by atoms with van der Waals surface area (Å²) >= 11 is 5.75. The third-order valence-corrected chi connectivity index (χ3v) is 1.78. The molecule has 0 unspecified atom stereocenters. The molecule has 0 aromatic carbocycles. The van der Waals surface area contributed by atoms with Crippen LogP contribution in [0.1, 0.15) is 17.3 Å². The first-order valence-corrected chi connectivity index (χ1v) is 4.03.